The van der Waals surface area contributed by atoms with Crippen molar-refractivity contribution in [2.45, 2.75) is 38.5 Å². The summed E-state index contributed by atoms with van der Waals surface area (Å²) < 4.78 is 15.9. The van der Waals surface area contributed by atoms with E-state index in [-0.39, 0.29) is 29.5 Å². The van der Waals surface area contributed by atoms with Gasteiger partial charge >= 0.3 is 5.97 Å². The maximum absolute atomic E-state index is 12.2. The smallest absolute Gasteiger partial charge is 0.345 e. The van der Waals surface area contributed by atoms with Crippen molar-refractivity contribution in [3.05, 3.63) is 17.7 Å². The van der Waals surface area contributed by atoms with Crippen molar-refractivity contribution in [3.8, 4) is 17.2 Å². The minimum absolute atomic E-state index is 0.00538. The largest absolute Gasteiger partial charge is 0.507 e. The Bertz CT molecular complexity index is 566. The van der Waals surface area contributed by atoms with E-state index in [1.807, 2.05) is 0 Å². The van der Waals surface area contributed by atoms with Gasteiger partial charge in [0.05, 0.1) is 20.3 Å². The van der Waals surface area contributed by atoms with E-state index in [0.717, 1.165) is 19.3 Å². The molecule has 0 saturated carbocycles. The van der Waals surface area contributed by atoms with Crippen molar-refractivity contribution in [3.63, 3.8) is 0 Å². The van der Waals surface area contributed by atoms with E-state index in [2.05, 4.69) is 0 Å². The van der Waals surface area contributed by atoms with E-state index in [1.54, 1.807) is 6.07 Å². The van der Waals surface area contributed by atoms with Gasteiger partial charge in [0.25, 0.3) is 0 Å². The number of ketones is 1. The summed E-state index contributed by atoms with van der Waals surface area (Å²) in [6.45, 7) is 0.524. The molecule has 0 bridgehead atoms. The molecule has 6 heteroatoms. The molecular formula is C17H22O6. The fourth-order valence-corrected chi connectivity index (χ4v) is 2.43. The first-order chi connectivity index (χ1) is 11.1. The van der Waals surface area contributed by atoms with Crippen LogP contribution in [0.3, 0.4) is 0 Å². The van der Waals surface area contributed by atoms with Crippen molar-refractivity contribution >= 4 is 11.8 Å². The third kappa shape index (κ3) is 4.87. The molecule has 23 heavy (non-hydrogen) atoms. The van der Waals surface area contributed by atoms with Gasteiger partial charge in [-0.15, -0.1) is 0 Å². The van der Waals surface area contributed by atoms with Crippen molar-refractivity contribution in [1.82, 2.24) is 0 Å². The number of aromatic hydroxyl groups is 1. The number of cyclic esters (lactones) is 1. The Labute approximate surface area is 135 Å². The van der Waals surface area contributed by atoms with Crippen LogP contribution in [0.1, 0.15) is 48.9 Å². The van der Waals surface area contributed by atoms with Crippen LogP contribution in [0.25, 0.3) is 0 Å². The second-order valence-corrected chi connectivity index (χ2v) is 5.46. The summed E-state index contributed by atoms with van der Waals surface area (Å²) in [5, 5.41) is 10.1. The number of phenolic OH excluding ortho intramolecular Hbond substituents is 1. The van der Waals surface area contributed by atoms with E-state index in [1.165, 1.54) is 13.2 Å². The third-order valence-electron chi connectivity index (χ3n) is 3.69. The molecule has 0 unspecified atom stereocenters. The van der Waals surface area contributed by atoms with E-state index in [9.17, 15) is 14.7 Å². The number of ether oxygens (including phenoxy) is 3. The van der Waals surface area contributed by atoms with Crippen LogP contribution in [0.2, 0.25) is 0 Å². The van der Waals surface area contributed by atoms with Crippen LogP contribution in [-0.4, -0.2) is 37.2 Å². The lowest BCUT2D eigenvalue weighted by Crippen LogP contribution is -2.12. The molecule has 0 saturated heterocycles. The quantitative estimate of drug-likeness (QED) is 0.801. The summed E-state index contributed by atoms with van der Waals surface area (Å²) in [4.78, 5) is 23.8. The summed E-state index contributed by atoms with van der Waals surface area (Å²) in [6, 6.07) is 2.90. The van der Waals surface area contributed by atoms with Gasteiger partial charge in [-0.1, -0.05) is 0 Å². The zero-order valence-electron chi connectivity index (χ0n) is 13.3. The Morgan fingerprint density at radius 3 is 2.52 bits per heavy atom. The van der Waals surface area contributed by atoms with Crippen molar-refractivity contribution in [2.75, 3.05) is 20.3 Å². The molecule has 1 N–H and O–H groups in total. The number of carbonyl (C=O) groups excluding carboxylic acids is 2. The van der Waals surface area contributed by atoms with E-state index < -0.39 is 5.97 Å². The van der Waals surface area contributed by atoms with Crippen molar-refractivity contribution in [2.24, 2.45) is 0 Å². The van der Waals surface area contributed by atoms with Gasteiger partial charge in [0.15, 0.2) is 0 Å². The molecule has 6 nitrogen and oxygen atoms in total. The summed E-state index contributed by atoms with van der Waals surface area (Å²) in [5.41, 5.74) is -0.00538. The minimum atomic E-state index is -0.662. The number of phenols is 1. The van der Waals surface area contributed by atoms with Gasteiger partial charge in [-0.3, -0.25) is 4.79 Å². The summed E-state index contributed by atoms with van der Waals surface area (Å²) in [6.07, 6.45) is 3.92. The Morgan fingerprint density at radius 2 is 1.74 bits per heavy atom. The third-order valence-corrected chi connectivity index (χ3v) is 3.69. The van der Waals surface area contributed by atoms with Crippen LogP contribution in [-0.2, 0) is 9.53 Å². The van der Waals surface area contributed by atoms with Crippen LogP contribution < -0.4 is 9.47 Å². The predicted molar refractivity (Wildman–Crippen MR) is 83.1 cm³/mol. The first-order valence-electron chi connectivity index (χ1n) is 7.84. The number of hydrogen-bond donors (Lipinski definition) is 1. The SMILES string of the molecule is COc1cc(O)c2c(c1)OCCCCCC(=O)CCCOC2=O. The molecule has 2 rings (SSSR count). The van der Waals surface area contributed by atoms with Crippen LogP contribution in [0.15, 0.2) is 12.1 Å². The zero-order valence-corrected chi connectivity index (χ0v) is 13.3. The number of fused-ring (bicyclic) bond motifs is 1. The van der Waals surface area contributed by atoms with Crippen molar-refractivity contribution < 1.29 is 28.9 Å². The molecule has 0 fully saturated rings. The molecule has 0 aromatic heterocycles. The maximum atomic E-state index is 12.2. The Morgan fingerprint density at radius 1 is 1.00 bits per heavy atom. The molecule has 0 amide bonds. The highest BCUT2D eigenvalue weighted by Gasteiger charge is 2.21. The highest BCUT2D eigenvalue weighted by atomic mass is 16.5. The van der Waals surface area contributed by atoms with Crippen LogP contribution in [0, 0.1) is 0 Å². The Kier molecular flexibility index (Phi) is 6.26. The van der Waals surface area contributed by atoms with Crippen LogP contribution in [0.5, 0.6) is 17.2 Å². The molecular weight excluding hydrogens is 300 g/mol. The Hall–Kier alpha value is -2.24. The molecule has 1 heterocycles. The molecule has 0 spiro atoms. The molecule has 126 valence electrons. The molecule has 1 aromatic rings. The number of carbonyl (C=O) groups is 2. The fourth-order valence-electron chi connectivity index (χ4n) is 2.43. The number of methoxy groups -OCH3 is 1. The Balaban J connectivity index is 2.20. The van der Waals surface area contributed by atoms with Gasteiger partial charge in [-0.05, 0) is 25.7 Å². The van der Waals surface area contributed by atoms with Gasteiger partial charge in [-0.25, -0.2) is 4.79 Å². The fraction of sp³-hybridized carbons (Fsp3) is 0.529. The normalized spacial score (nSPS) is 17.4. The number of Topliss-reactive ketones (excluding diaryl/α,β-unsaturated/α-hetero) is 1. The number of benzene rings is 1. The van der Waals surface area contributed by atoms with Gasteiger partial charge < -0.3 is 19.3 Å². The van der Waals surface area contributed by atoms with Gasteiger partial charge in [0, 0.05) is 25.0 Å². The second kappa shape index (κ2) is 8.41. The summed E-state index contributed by atoms with van der Waals surface area (Å²) in [7, 11) is 1.47. The van der Waals surface area contributed by atoms with E-state index >= 15 is 0 Å². The molecule has 0 aliphatic carbocycles. The minimum Gasteiger partial charge on any atom is -0.507 e. The lowest BCUT2D eigenvalue weighted by atomic mass is 10.1. The van der Waals surface area contributed by atoms with E-state index in [0.29, 0.717) is 31.6 Å². The molecule has 1 aromatic carbocycles. The van der Waals surface area contributed by atoms with Crippen molar-refractivity contribution in [1.29, 1.82) is 0 Å². The highest BCUT2D eigenvalue weighted by Crippen LogP contribution is 2.34. The second-order valence-electron chi connectivity index (χ2n) is 5.46. The van der Waals surface area contributed by atoms with Gasteiger partial charge in [-0.2, -0.15) is 0 Å². The summed E-state index contributed by atoms with van der Waals surface area (Å²) in [5.74, 6) is -0.0649. The topological polar surface area (TPSA) is 82.1 Å². The van der Waals surface area contributed by atoms with Crippen LogP contribution >= 0.6 is 0 Å². The lowest BCUT2D eigenvalue weighted by molar-refractivity contribution is -0.119. The zero-order chi connectivity index (χ0) is 16.7. The van der Waals surface area contributed by atoms with Gasteiger partial charge in [0.2, 0.25) is 0 Å². The van der Waals surface area contributed by atoms with Crippen LogP contribution in [0.4, 0.5) is 0 Å². The van der Waals surface area contributed by atoms with Gasteiger partial charge in [0.1, 0.15) is 28.6 Å². The molecule has 1 aliphatic rings. The predicted octanol–water partition coefficient (Wildman–Crippen LogP) is 2.86. The number of esters is 1. The number of rotatable bonds is 1. The standard InChI is InChI=1S/C17H22O6/c1-21-13-10-14(19)16-15(11-13)22-8-4-2-3-6-12(18)7-5-9-23-17(16)20/h10-11,19H,2-9H2,1H3. The summed E-state index contributed by atoms with van der Waals surface area (Å²) >= 11 is 0. The number of hydrogen-bond acceptors (Lipinski definition) is 6. The first kappa shape index (κ1) is 17.1. The monoisotopic (exact) mass is 322 g/mol. The maximum Gasteiger partial charge on any atom is 0.345 e. The lowest BCUT2D eigenvalue weighted by Gasteiger charge is -2.15. The van der Waals surface area contributed by atoms with E-state index in [4.69, 9.17) is 14.2 Å². The molecule has 0 radical (unpaired) electrons. The molecule has 1 aliphatic heterocycles. The highest BCUT2D eigenvalue weighted by molar-refractivity contribution is 5.96. The average molecular weight is 322 g/mol. The first-order valence-corrected chi connectivity index (χ1v) is 7.84. The average Bonchev–Trinajstić information content (AvgIpc) is 2.53. The molecule has 0 atom stereocenters.